The van der Waals surface area contributed by atoms with E-state index in [1.54, 1.807) is 7.11 Å². The summed E-state index contributed by atoms with van der Waals surface area (Å²) in [6.45, 7) is 4.92. The average molecular weight is 321 g/mol. The number of thioether (sulfide) groups is 1. The molecule has 0 spiro atoms. The van der Waals surface area contributed by atoms with Gasteiger partial charge in [-0.3, -0.25) is 4.79 Å². The molecule has 0 atom stereocenters. The summed E-state index contributed by atoms with van der Waals surface area (Å²) in [5, 5.41) is 17.8. The Labute approximate surface area is 133 Å². The van der Waals surface area contributed by atoms with Gasteiger partial charge in [0, 0.05) is 12.1 Å². The Morgan fingerprint density at radius 2 is 2.18 bits per heavy atom. The molecule has 0 radical (unpaired) electrons. The summed E-state index contributed by atoms with van der Waals surface area (Å²) < 4.78 is 7.21. The van der Waals surface area contributed by atoms with Gasteiger partial charge in [-0.1, -0.05) is 37.7 Å². The topological polar surface area (TPSA) is 77.2 Å². The lowest BCUT2D eigenvalue weighted by Gasteiger charge is -2.12. The van der Waals surface area contributed by atoms with Gasteiger partial charge in [0.1, 0.15) is 5.75 Å². The molecule has 0 saturated heterocycles. The molecule has 6 nitrogen and oxygen atoms in total. The summed E-state index contributed by atoms with van der Waals surface area (Å²) in [6, 6.07) is 7.60. The zero-order valence-electron chi connectivity index (χ0n) is 12.8. The number of carboxylic acid groups (broad SMARTS) is 1. The molecule has 0 unspecified atom stereocenters. The Kier molecular flexibility index (Phi) is 5.43. The van der Waals surface area contributed by atoms with Gasteiger partial charge in [-0.05, 0) is 18.1 Å². The van der Waals surface area contributed by atoms with E-state index in [9.17, 15) is 4.79 Å². The van der Waals surface area contributed by atoms with Crippen LogP contribution in [0.1, 0.15) is 13.8 Å². The highest BCUT2D eigenvalue weighted by Gasteiger charge is 2.16. The van der Waals surface area contributed by atoms with Crippen molar-refractivity contribution in [2.24, 2.45) is 5.92 Å². The van der Waals surface area contributed by atoms with Gasteiger partial charge in [0.25, 0.3) is 0 Å². The Balaban J connectivity index is 2.39. The van der Waals surface area contributed by atoms with Crippen LogP contribution in [0.25, 0.3) is 11.4 Å². The molecule has 0 fully saturated rings. The zero-order chi connectivity index (χ0) is 16.1. The maximum absolute atomic E-state index is 10.8. The highest BCUT2D eigenvalue weighted by atomic mass is 32.2. The summed E-state index contributed by atoms with van der Waals surface area (Å²) in [7, 11) is 1.62. The number of aliphatic carboxylic acids is 1. The van der Waals surface area contributed by atoms with Crippen LogP contribution in [0.2, 0.25) is 0 Å². The van der Waals surface area contributed by atoms with Crippen LogP contribution < -0.4 is 4.74 Å². The van der Waals surface area contributed by atoms with E-state index in [4.69, 9.17) is 9.84 Å². The van der Waals surface area contributed by atoms with Crippen LogP contribution >= 0.6 is 11.8 Å². The van der Waals surface area contributed by atoms with Crippen molar-refractivity contribution in [2.75, 3.05) is 12.9 Å². The number of aromatic nitrogens is 3. The van der Waals surface area contributed by atoms with E-state index in [1.165, 1.54) is 11.8 Å². The first-order valence-electron chi connectivity index (χ1n) is 6.93. The molecule has 2 aromatic rings. The molecule has 1 aromatic heterocycles. The Hall–Kier alpha value is -2.02. The van der Waals surface area contributed by atoms with Crippen molar-refractivity contribution in [1.29, 1.82) is 0 Å². The van der Waals surface area contributed by atoms with E-state index in [0.29, 0.717) is 11.1 Å². The number of carboxylic acids is 1. The maximum Gasteiger partial charge on any atom is 0.313 e. The molecule has 0 aliphatic carbocycles. The molecule has 0 aliphatic heterocycles. The highest BCUT2D eigenvalue weighted by Crippen LogP contribution is 2.27. The predicted molar refractivity (Wildman–Crippen MR) is 85.2 cm³/mol. The van der Waals surface area contributed by atoms with Gasteiger partial charge >= 0.3 is 5.97 Å². The molecule has 1 N–H and O–H groups in total. The minimum absolute atomic E-state index is 0.0334. The average Bonchev–Trinajstić information content (AvgIpc) is 2.87. The molecular weight excluding hydrogens is 302 g/mol. The Morgan fingerprint density at radius 1 is 1.41 bits per heavy atom. The largest absolute Gasteiger partial charge is 0.497 e. The first-order chi connectivity index (χ1) is 10.5. The van der Waals surface area contributed by atoms with E-state index in [0.717, 1.165) is 23.7 Å². The molecule has 1 aromatic carbocycles. The van der Waals surface area contributed by atoms with Crippen molar-refractivity contribution in [3.8, 4) is 17.1 Å². The van der Waals surface area contributed by atoms with Gasteiger partial charge in [0.15, 0.2) is 11.0 Å². The zero-order valence-corrected chi connectivity index (χ0v) is 13.6. The molecule has 118 valence electrons. The van der Waals surface area contributed by atoms with E-state index in [2.05, 4.69) is 24.0 Å². The summed E-state index contributed by atoms with van der Waals surface area (Å²) >= 11 is 1.18. The summed E-state index contributed by atoms with van der Waals surface area (Å²) in [5.74, 6) is 0.960. The van der Waals surface area contributed by atoms with Crippen LogP contribution in [0.5, 0.6) is 5.75 Å². The number of hydrogen-bond donors (Lipinski definition) is 1. The number of nitrogens with zero attached hydrogens (tertiary/aromatic N) is 3. The fourth-order valence-electron chi connectivity index (χ4n) is 2.03. The quantitative estimate of drug-likeness (QED) is 0.790. The van der Waals surface area contributed by atoms with Crippen LogP contribution in [0, 0.1) is 5.92 Å². The van der Waals surface area contributed by atoms with Gasteiger partial charge in [0.2, 0.25) is 0 Å². The molecule has 0 bridgehead atoms. The number of rotatable bonds is 7. The molecule has 7 heteroatoms. The number of hydrogen-bond acceptors (Lipinski definition) is 5. The second-order valence-corrected chi connectivity index (χ2v) is 6.17. The predicted octanol–water partition coefficient (Wildman–Crippen LogP) is 2.79. The Morgan fingerprint density at radius 3 is 2.82 bits per heavy atom. The molecule has 0 amide bonds. The fraction of sp³-hybridized carbons (Fsp3) is 0.400. The number of benzene rings is 1. The van der Waals surface area contributed by atoms with Gasteiger partial charge in [-0.15, -0.1) is 10.2 Å². The first kappa shape index (κ1) is 16.4. The summed E-state index contributed by atoms with van der Waals surface area (Å²) in [4.78, 5) is 10.8. The molecular formula is C15H19N3O3S. The summed E-state index contributed by atoms with van der Waals surface area (Å²) in [6.07, 6.45) is 0. The third-order valence-electron chi connectivity index (χ3n) is 2.92. The van der Waals surface area contributed by atoms with Crippen molar-refractivity contribution in [1.82, 2.24) is 14.8 Å². The minimum atomic E-state index is -0.868. The van der Waals surface area contributed by atoms with E-state index >= 15 is 0 Å². The van der Waals surface area contributed by atoms with Crippen molar-refractivity contribution in [2.45, 2.75) is 25.5 Å². The van der Waals surface area contributed by atoms with E-state index < -0.39 is 5.97 Å². The highest BCUT2D eigenvalue weighted by molar-refractivity contribution is 7.99. The van der Waals surface area contributed by atoms with E-state index in [1.807, 2.05) is 28.8 Å². The van der Waals surface area contributed by atoms with Crippen LogP contribution in [-0.2, 0) is 11.3 Å². The van der Waals surface area contributed by atoms with Gasteiger partial charge in [0.05, 0.1) is 12.9 Å². The molecule has 2 rings (SSSR count). The smallest absolute Gasteiger partial charge is 0.313 e. The Bertz CT molecular complexity index is 655. The second kappa shape index (κ2) is 7.31. The standard InChI is InChI=1S/C15H19N3O3S/c1-10(2)8-18-14(11-5-4-6-12(7-11)21-3)16-17-15(18)22-9-13(19)20/h4-7,10H,8-9H2,1-3H3,(H,19,20). The first-order valence-corrected chi connectivity index (χ1v) is 7.92. The molecule has 22 heavy (non-hydrogen) atoms. The second-order valence-electron chi connectivity index (χ2n) is 5.23. The van der Waals surface area contributed by atoms with Crippen LogP contribution in [0.4, 0.5) is 0 Å². The van der Waals surface area contributed by atoms with E-state index in [-0.39, 0.29) is 5.75 Å². The molecule has 0 saturated carbocycles. The van der Waals surface area contributed by atoms with Crippen molar-refractivity contribution in [3.05, 3.63) is 24.3 Å². The number of carbonyl (C=O) groups is 1. The maximum atomic E-state index is 10.8. The van der Waals surface area contributed by atoms with Crippen molar-refractivity contribution >= 4 is 17.7 Å². The van der Waals surface area contributed by atoms with Crippen LogP contribution in [0.3, 0.4) is 0 Å². The monoisotopic (exact) mass is 321 g/mol. The summed E-state index contributed by atoms with van der Waals surface area (Å²) in [5.41, 5.74) is 0.898. The lowest BCUT2D eigenvalue weighted by Crippen LogP contribution is -2.09. The lowest BCUT2D eigenvalue weighted by atomic mass is 10.2. The van der Waals surface area contributed by atoms with Crippen LogP contribution in [-0.4, -0.2) is 38.7 Å². The number of ether oxygens (including phenoxy) is 1. The van der Waals surface area contributed by atoms with Gasteiger partial charge < -0.3 is 14.4 Å². The third-order valence-corrected chi connectivity index (χ3v) is 3.87. The molecule has 0 aliphatic rings. The van der Waals surface area contributed by atoms with Crippen LogP contribution in [0.15, 0.2) is 29.4 Å². The minimum Gasteiger partial charge on any atom is -0.497 e. The lowest BCUT2D eigenvalue weighted by molar-refractivity contribution is -0.133. The van der Waals surface area contributed by atoms with Crippen molar-refractivity contribution < 1.29 is 14.6 Å². The fourth-order valence-corrected chi connectivity index (χ4v) is 2.70. The normalized spacial score (nSPS) is 10.9. The van der Waals surface area contributed by atoms with Gasteiger partial charge in [-0.25, -0.2) is 0 Å². The number of methoxy groups -OCH3 is 1. The third kappa shape index (κ3) is 4.00. The van der Waals surface area contributed by atoms with Crippen molar-refractivity contribution in [3.63, 3.8) is 0 Å². The molecule has 1 heterocycles. The van der Waals surface area contributed by atoms with Gasteiger partial charge in [-0.2, -0.15) is 0 Å². The SMILES string of the molecule is COc1cccc(-c2nnc(SCC(=O)O)n2CC(C)C)c1.